The summed E-state index contributed by atoms with van der Waals surface area (Å²) in [6.07, 6.45) is 1.77. The first kappa shape index (κ1) is 19.9. The van der Waals surface area contributed by atoms with Gasteiger partial charge in [-0.1, -0.05) is 18.2 Å². The lowest BCUT2D eigenvalue weighted by molar-refractivity contribution is 0.0930. The fraction of sp³-hybridized carbons (Fsp3) is 0.353. The monoisotopic (exact) mass is 400 g/mol. The van der Waals surface area contributed by atoms with E-state index >= 15 is 0 Å². The molecule has 2 atom stereocenters. The largest absolute Gasteiger partial charge is 0.349 e. The minimum Gasteiger partial charge on any atom is -0.349 e. The zero-order valence-electron chi connectivity index (χ0n) is 13.8. The van der Waals surface area contributed by atoms with Crippen molar-refractivity contribution >= 4 is 39.5 Å². The molecule has 1 aliphatic heterocycles. The van der Waals surface area contributed by atoms with Gasteiger partial charge in [-0.25, -0.2) is 8.42 Å². The molecule has 0 aliphatic carbocycles. The van der Waals surface area contributed by atoms with Crippen LogP contribution < -0.4 is 10.6 Å². The molecule has 2 heterocycles. The number of amides is 1. The maximum absolute atomic E-state index is 12.6. The average molecular weight is 401 g/mol. The second-order valence-electron chi connectivity index (χ2n) is 5.99. The van der Waals surface area contributed by atoms with Crippen LogP contribution in [0.15, 0.2) is 51.6 Å². The molecule has 2 N–H and O–H groups in total. The molecule has 0 saturated carbocycles. The summed E-state index contributed by atoms with van der Waals surface area (Å²) >= 11 is 1.02. The van der Waals surface area contributed by atoms with Crippen molar-refractivity contribution in [2.45, 2.75) is 41.0 Å². The van der Waals surface area contributed by atoms with Crippen molar-refractivity contribution in [2.75, 3.05) is 6.54 Å². The summed E-state index contributed by atoms with van der Waals surface area (Å²) in [5, 5.41) is 6.35. The number of rotatable bonds is 4. The van der Waals surface area contributed by atoms with E-state index in [4.69, 9.17) is 0 Å². The van der Waals surface area contributed by atoms with Crippen LogP contribution in [0.3, 0.4) is 0 Å². The van der Waals surface area contributed by atoms with E-state index < -0.39 is 9.84 Å². The highest BCUT2D eigenvalue weighted by Crippen LogP contribution is 2.27. The molecular weight excluding hydrogens is 380 g/mol. The zero-order valence-corrected chi connectivity index (χ0v) is 16.2. The molecule has 5 nitrogen and oxygen atoms in total. The molecule has 8 heteroatoms. The van der Waals surface area contributed by atoms with Gasteiger partial charge in [-0.15, -0.1) is 23.7 Å². The zero-order chi connectivity index (χ0) is 17.2. The maximum atomic E-state index is 12.6. The van der Waals surface area contributed by atoms with Crippen LogP contribution >= 0.6 is 23.7 Å². The Bertz CT molecular complexity index is 821. The first-order valence-corrected chi connectivity index (χ1v) is 10.2. The molecule has 1 aromatic carbocycles. The van der Waals surface area contributed by atoms with Crippen LogP contribution in [0, 0.1) is 0 Å². The number of piperidine rings is 1. The Morgan fingerprint density at radius 3 is 2.60 bits per heavy atom. The summed E-state index contributed by atoms with van der Waals surface area (Å²) in [5.74, 6) is -0.200. The third-order valence-corrected chi connectivity index (χ3v) is 7.43. The first-order chi connectivity index (χ1) is 11.5. The Morgan fingerprint density at radius 2 is 1.92 bits per heavy atom. The van der Waals surface area contributed by atoms with Crippen molar-refractivity contribution in [3.05, 3.63) is 47.3 Å². The summed E-state index contributed by atoms with van der Waals surface area (Å²) in [5.41, 5.74) is 0. The molecule has 1 saturated heterocycles. The number of hydrogen-bond acceptors (Lipinski definition) is 5. The smallest absolute Gasteiger partial charge is 0.261 e. The number of benzene rings is 1. The molecule has 136 valence electrons. The summed E-state index contributed by atoms with van der Waals surface area (Å²) in [6.45, 7) is 2.97. The lowest BCUT2D eigenvalue weighted by Gasteiger charge is -2.28. The van der Waals surface area contributed by atoms with Gasteiger partial charge in [-0.05, 0) is 50.6 Å². The molecule has 0 radical (unpaired) electrons. The fourth-order valence-electron chi connectivity index (χ4n) is 2.82. The molecule has 1 fully saturated rings. The molecule has 2 unspecified atom stereocenters. The van der Waals surface area contributed by atoms with Crippen LogP contribution in [-0.4, -0.2) is 33.0 Å². The minimum atomic E-state index is -3.57. The number of thiophene rings is 1. The van der Waals surface area contributed by atoms with Crippen LogP contribution in [0.5, 0.6) is 0 Å². The van der Waals surface area contributed by atoms with Crippen molar-refractivity contribution in [3.8, 4) is 0 Å². The van der Waals surface area contributed by atoms with Gasteiger partial charge in [0.05, 0.1) is 9.77 Å². The second kappa shape index (κ2) is 8.31. The number of carbonyl (C=O) groups excluding carboxylic acids is 1. The van der Waals surface area contributed by atoms with Gasteiger partial charge < -0.3 is 10.6 Å². The summed E-state index contributed by atoms with van der Waals surface area (Å²) in [4.78, 5) is 13.0. The number of halogens is 1. The molecule has 1 amide bonds. The molecule has 25 heavy (non-hydrogen) atoms. The first-order valence-electron chi connectivity index (χ1n) is 7.91. The molecule has 2 aromatic rings. The number of nitrogens with one attached hydrogen (secondary N) is 2. The van der Waals surface area contributed by atoms with Gasteiger partial charge in [0.2, 0.25) is 9.84 Å². The highest BCUT2D eigenvalue weighted by atomic mass is 35.5. The minimum absolute atomic E-state index is 0. The van der Waals surface area contributed by atoms with Crippen molar-refractivity contribution in [1.82, 2.24) is 10.6 Å². The number of sulfone groups is 1. The highest BCUT2D eigenvalue weighted by molar-refractivity contribution is 7.93. The number of hydrogen-bond donors (Lipinski definition) is 2. The van der Waals surface area contributed by atoms with E-state index in [2.05, 4.69) is 17.6 Å². The Labute approximate surface area is 158 Å². The lowest BCUT2D eigenvalue weighted by atomic mass is 10.0. The molecule has 1 aliphatic rings. The molecule has 0 bridgehead atoms. The van der Waals surface area contributed by atoms with Crippen molar-refractivity contribution in [2.24, 2.45) is 0 Å². The Morgan fingerprint density at radius 1 is 1.20 bits per heavy atom. The van der Waals surface area contributed by atoms with Gasteiger partial charge in [-0.2, -0.15) is 0 Å². The fourth-order valence-corrected chi connectivity index (χ4v) is 5.45. The molecule has 3 rings (SSSR count). The van der Waals surface area contributed by atoms with Gasteiger partial charge in [0.1, 0.15) is 4.21 Å². The standard InChI is InChI=1S/C17H20N2O3S2.ClH/c1-12-11-13(9-10-18-12)19-17(20)15-7-8-16(23-15)24(21,22)14-5-3-2-4-6-14;/h2-8,12-13,18H,9-11H2,1H3,(H,19,20);1H. The highest BCUT2D eigenvalue weighted by Gasteiger charge is 2.24. The molecule has 0 spiro atoms. The van der Waals surface area contributed by atoms with Gasteiger partial charge >= 0.3 is 0 Å². The van der Waals surface area contributed by atoms with Gasteiger partial charge in [0.15, 0.2) is 0 Å². The third-order valence-electron chi connectivity index (χ3n) is 4.08. The van der Waals surface area contributed by atoms with Gasteiger partial charge in [-0.3, -0.25) is 4.79 Å². The van der Waals surface area contributed by atoms with Crippen LogP contribution in [0.25, 0.3) is 0 Å². The van der Waals surface area contributed by atoms with E-state index in [0.717, 1.165) is 30.7 Å². The quantitative estimate of drug-likeness (QED) is 0.827. The lowest BCUT2D eigenvalue weighted by Crippen LogP contribution is -2.46. The van der Waals surface area contributed by atoms with Crippen molar-refractivity contribution in [3.63, 3.8) is 0 Å². The van der Waals surface area contributed by atoms with Crippen LogP contribution in [0.2, 0.25) is 0 Å². The van der Waals surface area contributed by atoms with Gasteiger partial charge in [0.25, 0.3) is 5.91 Å². The summed E-state index contributed by atoms with van der Waals surface area (Å²) < 4.78 is 25.3. The van der Waals surface area contributed by atoms with E-state index in [-0.39, 0.29) is 33.5 Å². The normalized spacial score (nSPS) is 20.5. The maximum Gasteiger partial charge on any atom is 0.261 e. The van der Waals surface area contributed by atoms with Crippen LogP contribution in [-0.2, 0) is 9.84 Å². The Kier molecular flexibility index (Phi) is 6.62. The van der Waals surface area contributed by atoms with E-state index in [0.29, 0.717) is 10.9 Å². The van der Waals surface area contributed by atoms with Crippen molar-refractivity contribution < 1.29 is 13.2 Å². The number of carbonyl (C=O) groups is 1. The average Bonchev–Trinajstić information content (AvgIpc) is 3.07. The second-order valence-corrected chi connectivity index (χ2v) is 9.25. The summed E-state index contributed by atoms with van der Waals surface area (Å²) in [7, 11) is -3.57. The third kappa shape index (κ3) is 4.61. The predicted octanol–water partition coefficient (Wildman–Crippen LogP) is 2.87. The van der Waals surface area contributed by atoms with E-state index in [1.54, 1.807) is 36.4 Å². The van der Waals surface area contributed by atoms with Gasteiger partial charge in [0, 0.05) is 12.1 Å². The predicted molar refractivity (Wildman–Crippen MR) is 101 cm³/mol. The van der Waals surface area contributed by atoms with Crippen LogP contribution in [0.4, 0.5) is 0 Å². The van der Waals surface area contributed by atoms with E-state index in [1.165, 1.54) is 6.07 Å². The topological polar surface area (TPSA) is 75.3 Å². The van der Waals surface area contributed by atoms with Crippen LogP contribution in [0.1, 0.15) is 29.4 Å². The van der Waals surface area contributed by atoms with E-state index in [1.807, 2.05) is 0 Å². The Balaban J connectivity index is 0.00000225. The van der Waals surface area contributed by atoms with Crippen molar-refractivity contribution in [1.29, 1.82) is 0 Å². The molecular formula is C17H21ClN2O3S2. The summed E-state index contributed by atoms with van der Waals surface area (Å²) in [6, 6.07) is 11.9. The molecule has 1 aromatic heterocycles. The van der Waals surface area contributed by atoms with E-state index in [9.17, 15) is 13.2 Å². The Hall–Kier alpha value is -1.41. The SMILES string of the molecule is CC1CC(NC(=O)c2ccc(S(=O)(=O)c3ccccc3)s2)CCN1.Cl.